The Morgan fingerprint density at radius 2 is 2.12 bits per heavy atom. The van der Waals surface area contributed by atoms with Crippen LogP contribution in [0.2, 0.25) is 0 Å². The molecule has 0 unspecified atom stereocenters. The highest BCUT2D eigenvalue weighted by atomic mass is 32.2. The van der Waals surface area contributed by atoms with E-state index in [1.807, 2.05) is 6.92 Å². The molecule has 3 aromatic rings. The first-order chi connectivity index (χ1) is 11.8. The molecule has 0 bridgehead atoms. The number of aryl methyl sites for hydroxylation is 1. The summed E-state index contributed by atoms with van der Waals surface area (Å²) in [6.45, 7) is 1.82. The van der Waals surface area contributed by atoms with Crippen molar-refractivity contribution in [2.24, 2.45) is 7.05 Å². The monoisotopic (exact) mass is 364 g/mol. The third-order valence-corrected chi connectivity index (χ3v) is 4.52. The summed E-state index contributed by atoms with van der Waals surface area (Å²) in [6, 6.07) is 4.64. The smallest absolute Gasteiger partial charge is 0.278 e. The molecule has 0 aliphatic heterocycles. The number of hydrogen-bond acceptors (Lipinski definition) is 4. The first-order valence-corrected chi connectivity index (χ1v) is 8.28. The average molecular weight is 364 g/mol. The van der Waals surface area contributed by atoms with Gasteiger partial charge in [0.2, 0.25) is 5.91 Å². The summed E-state index contributed by atoms with van der Waals surface area (Å²) in [5.74, 6) is -2.14. The summed E-state index contributed by atoms with van der Waals surface area (Å²) in [7, 11) is 1.56. The number of amides is 1. The minimum absolute atomic E-state index is 0.0774. The second kappa shape index (κ2) is 6.67. The highest BCUT2D eigenvalue weighted by Crippen LogP contribution is 2.19. The molecular weight excluding hydrogens is 350 g/mol. The van der Waals surface area contributed by atoms with Crippen molar-refractivity contribution in [2.75, 3.05) is 11.1 Å². The van der Waals surface area contributed by atoms with Gasteiger partial charge in [-0.25, -0.2) is 13.8 Å². The summed E-state index contributed by atoms with van der Waals surface area (Å²) in [5.41, 5.74) is 1.39. The summed E-state index contributed by atoms with van der Waals surface area (Å²) < 4.78 is 27.8. The number of nitrogens with one attached hydrogen (secondary N) is 2. The van der Waals surface area contributed by atoms with Gasteiger partial charge in [0.1, 0.15) is 17.2 Å². The van der Waals surface area contributed by atoms with Gasteiger partial charge >= 0.3 is 0 Å². The zero-order valence-electron chi connectivity index (χ0n) is 13.4. The van der Waals surface area contributed by atoms with Gasteiger partial charge in [-0.3, -0.25) is 14.2 Å². The molecule has 0 aliphatic rings. The number of fused-ring (bicyclic) bond motifs is 1. The summed E-state index contributed by atoms with van der Waals surface area (Å²) >= 11 is 1.05. The largest absolute Gasteiger partial charge is 0.353 e. The first kappa shape index (κ1) is 17.2. The van der Waals surface area contributed by atoms with Crippen LogP contribution in [0, 0.1) is 18.6 Å². The molecule has 1 aromatic carbocycles. The van der Waals surface area contributed by atoms with Crippen molar-refractivity contribution in [3.63, 3.8) is 0 Å². The van der Waals surface area contributed by atoms with Crippen LogP contribution in [0.3, 0.4) is 0 Å². The van der Waals surface area contributed by atoms with Crippen molar-refractivity contribution in [1.82, 2.24) is 14.5 Å². The summed E-state index contributed by atoms with van der Waals surface area (Å²) in [4.78, 5) is 31.5. The molecule has 2 N–H and O–H groups in total. The molecule has 0 aliphatic carbocycles. The normalized spacial score (nSPS) is 11.0. The van der Waals surface area contributed by atoms with Crippen LogP contribution in [0.15, 0.2) is 34.2 Å². The van der Waals surface area contributed by atoms with E-state index in [4.69, 9.17) is 0 Å². The second-order valence-electron chi connectivity index (χ2n) is 5.43. The van der Waals surface area contributed by atoms with Crippen molar-refractivity contribution in [2.45, 2.75) is 12.1 Å². The molecule has 6 nitrogen and oxygen atoms in total. The molecule has 9 heteroatoms. The minimum Gasteiger partial charge on any atom is -0.353 e. The van der Waals surface area contributed by atoms with E-state index in [9.17, 15) is 18.4 Å². The van der Waals surface area contributed by atoms with Crippen LogP contribution in [0.25, 0.3) is 11.0 Å². The van der Waals surface area contributed by atoms with Gasteiger partial charge in [-0.2, -0.15) is 0 Å². The van der Waals surface area contributed by atoms with E-state index in [1.54, 1.807) is 13.1 Å². The standard InChI is InChI=1S/C16H14F2N4O2S/c1-8-5-12-14(19-8)15(24)22(2)16(21-12)25-7-13(23)20-11-4-3-9(17)6-10(11)18/h3-6,19H,7H2,1-2H3,(H,20,23). The van der Waals surface area contributed by atoms with Crippen LogP contribution in [0.4, 0.5) is 14.5 Å². The summed E-state index contributed by atoms with van der Waals surface area (Å²) in [5, 5.41) is 2.73. The Labute approximate surface area is 145 Å². The van der Waals surface area contributed by atoms with Crippen LogP contribution in [0.5, 0.6) is 0 Å². The first-order valence-electron chi connectivity index (χ1n) is 7.29. The Morgan fingerprint density at radius 3 is 2.84 bits per heavy atom. The van der Waals surface area contributed by atoms with Crippen LogP contribution >= 0.6 is 11.8 Å². The number of halogens is 2. The average Bonchev–Trinajstić information content (AvgIpc) is 2.93. The predicted molar refractivity (Wildman–Crippen MR) is 91.8 cm³/mol. The Hall–Kier alpha value is -2.68. The molecule has 0 spiro atoms. The fourth-order valence-electron chi connectivity index (χ4n) is 2.29. The Bertz CT molecular complexity index is 1030. The number of rotatable bonds is 4. The molecule has 0 atom stereocenters. The van der Waals surface area contributed by atoms with Gasteiger partial charge in [0.05, 0.1) is 17.0 Å². The van der Waals surface area contributed by atoms with E-state index in [0.29, 0.717) is 22.3 Å². The SMILES string of the molecule is Cc1cc2nc(SCC(=O)Nc3ccc(F)cc3F)n(C)c(=O)c2[nH]1. The third kappa shape index (κ3) is 3.55. The van der Waals surface area contributed by atoms with Crippen molar-refractivity contribution in [3.8, 4) is 0 Å². The molecule has 3 rings (SSSR count). The van der Waals surface area contributed by atoms with Crippen molar-refractivity contribution >= 4 is 34.4 Å². The van der Waals surface area contributed by atoms with Gasteiger partial charge in [-0.05, 0) is 25.1 Å². The van der Waals surface area contributed by atoms with E-state index in [-0.39, 0.29) is 17.0 Å². The minimum atomic E-state index is -0.854. The second-order valence-corrected chi connectivity index (χ2v) is 6.37. The van der Waals surface area contributed by atoms with E-state index >= 15 is 0 Å². The number of aromatic nitrogens is 3. The molecule has 0 saturated heterocycles. The number of aromatic amines is 1. The van der Waals surface area contributed by atoms with Gasteiger partial charge in [0.25, 0.3) is 5.56 Å². The van der Waals surface area contributed by atoms with Crippen molar-refractivity contribution < 1.29 is 13.6 Å². The molecule has 0 saturated carbocycles. The fourth-order valence-corrected chi connectivity index (χ4v) is 3.07. The Kier molecular flexibility index (Phi) is 4.58. The number of nitrogens with zero attached hydrogens (tertiary/aromatic N) is 2. The van der Waals surface area contributed by atoms with Crippen LogP contribution < -0.4 is 10.9 Å². The van der Waals surface area contributed by atoms with Gasteiger partial charge in [0, 0.05) is 18.8 Å². The molecular formula is C16H14F2N4O2S. The lowest BCUT2D eigenvalue weighted by atomic mass is 10.3. The lowest BCUT2D eigenvalue weighted by Gasteiger charge is -2.08. The zero-order valence-corrected chi connectivity index (χ0v) is 14.2. The highest BCUT2D eigenvalue weighted by Gasteiger charge is 2.13. The lowest BCUT2D eigenvalue weighted by Crippen LogP contribution is -2.21. The molecule has 130 valence electrons. The number of anilines is 1. The van der Waals surface area contributed by atoms with Gasteiger partial charge in [0.15, 0.2) is 5.16 Å². The molecule has 2 aromatic heterocycles. The maximum atomic E-state index is 13.5. The Morgan fingerprint density at radius 1 is 1.36 bits per heavy atom. The van der Waals surface area contributed by atoms with Gasteiger partial charge < -0.3 is 10.3 Å². The van der Waals surface area contributed by atoms with E-state index < -0.39 is 17.5 Å². The number of carbonyl (C=O) groups is 1. The van der Waals surface area contributed by atoms with E-state index in [2.05, 4.69) is 15.3 Å². The molecule has 25 heavy (non-hydrogen) atoms. The fraction of sp³-hybridized carbons (Fsp3) is 0.188. The number of thioether (sulfide) groups is 1. The zero-order chi connectivity index (χ0) is 18.1. The molecule has 0 fully saturated rings. The Balaban J connectivity index is 1.75. The maximum Gasteiger partial charge on any atom is 0.278 e. The van der Waals surface area contributed by atoms with Crippen LogP contribution in [0.1, 0.15) is 5.69 Å². The van der Waals surface area contributed by atoms with Gasteiger partial charge in [-0.15, -0.1) is 0 Å². The molecule has 1 amide bonds. The van der Waals surface area contributed by atoms with Crippen molar-refractivity contribution in [3.05, 3.63) is 51.9 Å². The van der Waals surface area contributed by atoms with E-state index in [1.165, 1.54) is 4.57 Å². The quantitative estimate of drug-likeness (QED) is 0.551. The number of H-pyrrole nitrogens is 1. The van der Waals surface area contributed by atoms with E-state index in [0.717, 1.165) is 29.6 Å². The molecule has 2 heterocycles. The summed E-state index contributed by atoms with van der Waals surface area (Å²) in [6.07, 6.45) is 0. The van der Waals surface area contributed by atoms with Crippen LogP contribution in [-0.4, -0.2) is 26.2 Å². The highest BCUT2D eigenvalue weighted by molar-refractivity contribution is 7.99. The lowest BCUT2D eigenvalue weighted by molar-refractivity contribution is -0.113. The van der Waals surface area contributed by atoms with Crippen LogP contribution in [-0.2, 0) is 11.8 Å². The predicted octanol–water partition coefficient (Wildman–Crippen LogP) is 2.58. The number of benzene rings is 1. The third-order valence-electron chi connectivity index (χ3n) is 3.49. The van der Waals surface area contributed by atoms with Gasteiger partial charge in [-0.1, -0.05) is 11.8 Å². The molecule has 0 radical (unpaired) electrons. The van der Waals surface area contributed by atoms with Crippen molar-refractivity contribution in [1.29, 1.82) is 0 Å². The maximum absolute atomic E-state index is 13.5. The number of hydrogen-bond donors (Lipinski definition) is 2. The number of carbonyl (C=O) groups excluding carboxylic acids is 1. The topological polar surface area (TPSA) is 79.8 Å².